The Morgan fingerprint density at radius 3 is 2.20 bits per heavy atom. The molecule has 0 saturated carbocycles. The van der Waals surface area contributed by atoms with Gasteiger partial charge in [0.1, 0.15) is 18.9 Å². The number of aliphatic hydroxyl groups excluding tert-OH is 1. The summed E-state index contributed by atoms with van der Waals surface area (Å²) >= 11 is 1.60. The molecule has 0 saturated heterocycles. The molecule has 0 bridgehead atoms. The molecule has 1 N–H and O–H groups in total. The molecule has 5 nitrogen and oxygen atoms in total. The number of carbonyl (C=O) groups is 1. The first-order chi connectivity index (χ1) is 21.5. The van der Waals surface area contributed by atoms with Gasteiger partial charge in [-0.05, 0) is 42.0 Å². The van der Waals surface area contributed by atoms with Crippen LogP contribution in [0.5, 0.6) is 0 Å². The van der Waals surface area contributed by atoms with E-state index in [-0.39, 0.29) is 49.3 Å². The minimum absolute atomic E-state index is 0. The van der Waals surface area contributed by atoms with Crippen LogP contribution in [0.3, 0.4) is 0 Å². The molecule has 0 amide bonds. The van der Waals surface area contributed by atoms with Crippen molar-refractivity contribution in [1.82, 2.24) is 15.2 Å². The van der Waals surface area contributed by atoms with Gasteiger partial charge >= 0.3 is 0 Å². The molecule has 2 heterocycles. The van der Waals surface area contributed by atoms with Gasteiger partial charge in [0.15, 0.2) is 5.78 Å². The van der Waals surface area contributed by atoms with Crippen molar-refractivity contribution < 1.29 is 34.4 Å². The van der Waals surface area contributed by atoms with Crippen molar-refractivity contribution >= 4 is 51.4 Å². The van der Waals surface area contributed by atoms with E-state index in [2.05, 4.69) is 53.0 Å². The first-order valence-electron chi connectivity index (χ1n) is 15.8. The van der Waals surface area contributed by atoms with E-state index < -0.39 is 8.07 Å². The van der Waals surface area contributed by atoms with Gasteiger partial charge in [0, 0.05) is 49.9 Å². The Morgan fingerprint density at radius 2 is 1.59 bits per heavy atom. The third-order valence-corrected chi connectivity index (χ3v) is 12.4. The number of hydrogen-bond donors (Lipinski definition) is 1. The number of allylic oxidation sites excluding steroid dienone is 2. The average molecular weight is 833 g/mol. The van der Waals surface area contributed by atoms with Crippen molar-refractivity contribution in [3.63, 3.8) is 0 Å². The van der Waals surface area contributed by atoms with Crippen molar-refractivity contribution in [1.29, 1.82) is 0 Å². The second kappa shape index (κ2) is 16.6. The Balaban J connectivity index is 0.000000309. The van der Waals surface area contributed by atoms with E-state index in [0.29, 0.717) is 0 Å². The molecule has 0 aliphatic heterocycles. The smallest absolute Gasteiger partial charge is 0.162 e. The molecule has 46 heavy (non-hydrogen) atoms. The maximum absolute atomic E-state index is 14.1. The van der Waals surface area contributed by atoms with E-state index in [4.69, 9.17) is 0 Å². The topological polar surface area (TPSA) is 76.0 Å². The van der Waals surface area contributed by atoms with Gasteiger partial charge in [-0.2, -0.15) is 0 Å². The van der Waals surface area contributed by atoms with E-state index in [1.165, 1.54) is 12.1 Å². The van der Waals surface area contributed by atoms with E-state index in [1.807, 2.05) is 58.2 Å². The zero-order valence-electron chi connectivity index (χ0n) is 27.7. The normalized spacial score (nSPS) is 11.9. The summed E-state index contributed by atoms with van der Waals surface area (Å²) in [5, 5.41) is 23.3. The van der Waals surface area contributed by atoms with Gasteiger partial charge in [0.05, 0.1) is 10.4 Å². The first kappa shape index (κ1) is 37.4. The number of benzene rings is 3. The van der Waals surface area contributed by atoms with E-state index in [9.17, 15) is 14.3 Å². The number of halogens is 1. The molecule has 0 aliphatic carbocycles. The fourth-order valence-corrected chi connectivity index (χ4v) is 7.70. The Kier molecular flexibility index (Phi) is 13.5. The van der Waals surface area contributed by atoms with E-state index in [0.717, 1.165) is 73.7 Å². The summed E-state index contributed by atoms with van der Waals surface area (Å²) in [7, 11) is -1.58. The number of aliphatic hydroxyl groups is 1. The molecule has 0 spiro atoms. The van der Waals surface area contributed by atoms with Crippen molar-refractivity contribution in [2.75, 3.05) is 0 Å². The maximum atomic E-state index is 14.1. The van der Waals surface area contributed by atoms with E-state index in [1.54, 1.807) is 23.5 Å². The van der Waals surface area contributed by atoms with Gasteiger partial charge in [-0.1, -0.05) is 101 Å². The summed E-state index contributed by atoms with van der Waals surface area (Å²) < 4.78 is 15.2. The molecule has 3 aromatic carbocycles. The molecule has 9 heteroatoms. The predicted octanol–water partition coefficient (Wildman–Crippen LogP) is 9.93. The first-order valence-corrected chi connectivity index (χ1v) is 20.1. The summed E-state index contributed by atoms with van der Waals surface area (Å²) in [6.07, 6.45) is 6.78. The fourth-order valence-electron chi connectivity index (χ4n) is 5.21. The summed E-state index contributed by atoms with van der Waals surface area (Å²) in [5.41, 5.74) is 2.56. The van der Waals surface area contributed by atoms with Gasteiger partial charge in [0.25, 0.3) is 0 Å². The average Bonchev–Trinajstić information content (AvgIpc) is 3.53. The minimum atomic E-state index is -1.58. The standard InChI is InChI=1S/C24H19FN3SSi.C13H24O2.Ir/c1-30(2,3)24-28-27-23(29-24)21-11-18(10-16-8-9-19(25)13-20(16)21)22-12-15-6-4-5-7-17(15)14-26-22;1-5-10(6-2)12(14)9-13(15)11(7-3)8-4;/h4-9,11-14H,1-3H3;9-11,14H,5-8H2,1-4H3;/q-1;;/b;12-9-;. The Bertz CT molecular complexity index is 1810. The van der Waals surface area contributed by atoms with Crippen molar-refractivity contribution in [3.8, 4) is 21.8 Å². The van der Waals surface area contributed by atoms with Crippen molar-refractivity contribution in [2.45, 2.75) is 73.0 Å². The Hall–Kier alpha value is -3.10. The number of ketones is 1. The van der Waals surface area contributed by atoms with E-state index >= 15 is 0 Å². The number of aromatic nitrogens is 3. The summed E-state index contributed by atoms with van der Waals surface area (Å²) in [5.74, 6) is 0.273. The third kappa shape index (κ3) is 9.03. The van der Waals surface area contributed by atoms with Gasteiger partial charge < -0.3 is 5.11 Å². The Labute approximate surface area is 290 Å². The van der Waals surface area contributed by atoms with Gasteiger partial charge in [0.2, 0.25) is 0 Å². The van der Waals surface area contributed by atoms with Crippen LogP contribution in [0.1, 0.15) is 53.4 Å². The molecular weight excluding hydrogens is 790 g/mol. The third-order valence-electron chi connectivity index (χ3n) is 8.12. The molecule has 5 rings (SSSR count). The second-order valence-corrected chi connectivity index (χ2v) is 18.7. The molecular formula is C37H43FIrN3O2SSi-. The van der Waals surface area contributed by atoms with Gasteiger partial charge in [-0.3, -0.25) is 9.78 Å². The number of rotatable bonds is 10. The van der Waals surface area contributed by atoms with Crippen LogP contribution < -0.4 is 4.63 Å². The minimum Gasteiger partial charge on any atom is -0.512 e. The van der Waals surface area contributed by atoms with Crippen molar-refractivity contribution in [2.24, 2.45) is 11.8 Å². The maximum Gasteiger partial charge on any atom is 0.162 e. The Morgan fingerprint density at radius 1 is 0.935 bits per heavy atom. The molecule has 2 aromatic heterocycles. The number of pyridine rings is 1. The number of fused-ring (bicyclic) bond motifs is 2. The second-order valence-electron chi connectivity index (χ2n) is 12.4. The quantitative estimate of drug-likeness (QED) is 0.0657. The largest absolute Gasteiger partial charge is 0.512 e. The van der Waals surface area contributed by atoms with Crippen LogP contribution in [0, 0.1) is 23.7 Å². The van der Waals surface area contributed by atoms with Crippen LogP contribution >= 0.6 is 11.3 Å². The number of nitrogens with zero attached hydrogens (tertiary/aromatic N) is 3. The summed E-state index contributed by atoms with van der Waals surface area (Å²) in [4.78, 5) is 16.4. The van der Waals surface area contributed by atoms with Crippen molar-refractivity contribution in [3.05, 3.63) is 84.5 Å². The molecule has 0 atom stereocenters. The molecule has 1 radical (unpaired) electrons. The summed E-state index contributed by atoms with van der Waals surface area (Å²) in [6, 6.07) is 20.4. The van der Waals surface area contributed by atoms with Crippen LogP contribution in [0.25, 0.3) is 43.4 Å². The van der Waals surface area contributed by atoms with Gasteiger partial charge in [-0.15, -0.1) is 45.1 Å². The SMILES string of the molecule is CCC(CC)C(=O)/C=C(\O)C(CC)CC.C[Si](C)(C)c1nnc(-c2cc(-c3cc4ccccc4cn3)[c-]c3ccc(F)cc23)s1.[Ir]. The molecule has 0 fully saturated rings. The fraction of sp³-hybridized carbons (Fsp3) is 0.351. The molecule has 5 aromatic rings. The van der Waals surface area contributed by atoms with Crippen LogP contribution in [0.4, 0.5) is 4.39 Å². The zero-order valence-corrected chi connectivity index (χ0v) is 31.9. The number of carbonyl (C=O) groups excluding carboxylic acids is 1. The summed E-state index contributed by atoms with van der Waals surface area (Å²) in [6.45, 7) is 14.8. The number of hydrogen-bond acceptors (Lipinski definition) is 6. The van der Waals surface area contributed by atoms with Crippen LogP contribution in [0.2, 0.25) is 19.6 Å². The predicted molar refractivity (Wildman–Crippen MR) is 189 cm³/mol. The monoisotopic (exact) mass is 833 g/mol. The van der Waals surface area contributed by atoms with Gasteiger partial charge in [-0.25, -0.2) is 4.39 Å². The zero-order chi connectivity index (χ0) is 32.7. The van der Waals surface area contributed by atoms with Crippen LogP contribution in [-0.2, 0) is 24.9 Å². The molecule has 245 valence electrons. The molecule has 0 unspecified atom stereocenters. The van der Waals surface area contributed by atoms with Crippen LogP contribution in [-0.4, -0.2) is 34.1 Å². The molecule has 0 aliphatic rings. The van der Waals surface area contributed by atoms with Crippen LogP contribution in [0.15, 0.2) is 72.6 Å².